The number of hydrogen-bond acceptors (Lipinski definition) is 1. The molecular formula is C13H15Cl2F3O. The summed E-state index contributed by atoms with van der Waals surface area (Å²) in [5.41, 5.74) is 2.69. The van der Waals surface area contributed by atoms with Crippen molar-refractivity contribution >= 4 is 23.2 Å². The zero-order chi connectivity index (χ0) is 14.6. The molecule has 0 spiro atoms. The third-order valence-corrected chi connectivity index (χ3v) is 3.53. The van der Waals surface area contributed by atoms with Gasteiger partial charge >= 0.3 is 6.18 Å². The van der Waals surface area contributed by atoms with Gasteiger partial charge in [0, 0.05) is 11.6 Å². The van der Waals surface area contributed by atoms with E-state index in [1.165, 1.54) is 0 Å². The number of ether oxygens (including phenoxy) is 1. The minimum absolute atomic E-state index is 0.0329. The number of rotatable bonds is 5. The van der Waals surface area contributed by atoms with E-state index in [9.17, 15) is 13.2 Å². The van der Waals surface area contributed by atoms with Crippen LogP contribution in [0, 0.1) is 13.8 Å². The van der Waals surface area contributed by atoms with Gasteiger partial charge in [-0.3, -0.25) is 0 Å². The Labute approximate surface area is 120 Å². The predicted molar refractivity (Wildman–Crippen MR) is 71.0 cm³/mol. The maximum absolute atomic E-state index is 11.9. The lowest BCUT2D eigenvalue weighted by Gasteiger charge is -2.15. The van der Waals surface area contributed by atoms with Crippen molar-refractivity contribution < 1.29 is 17.9 Å². The van der Waals surface area contributed by atoms with Gasteiger partial charge in [0.05, 0.1) is 5.38 Å². The second-order valence-electron chi connectivity index (χ2n) is 4.38. The molecule has 1 rings (SSSR count). The summed E-state index contributed by atoms with van der Waals surface area (Å²) < 4.78 is 40.2. The third kappa shape index (κ3) is 5.59. The molecule has 0 radical (unpaired) electrons. The van der Waals surface area contributed by atoms with Crippen molar-refractivity contribution in [2.45, 2.75) is 31.8 Å². The van der Waals surface area contributed by atoms with E-state index in [4.69, 9.17) is 23.2 Å². The van der Waals surface area contributed by atoms with E-state index in [-0.39, 0.29) is 12.0 Å². The highest BCUT2D eigenvalue weighted by Gasteiger charge is 2.27. The largest absolute Gasteiger partial charge is 0.411 e. The fourth-order valence-corrected chi connectivity index (χ4v) is 2.21. The standard InChI is InChI=1S/C13H15Cl2F3O/c1-8-6-12(15)9(2)5-10(8)11(14)3-4-19-7-13(16,17)18/h5-6,11H,3-4,7H2,1-2H3. The van der Waals surface area contributed by atoms with E-state index in [0.29, 0.717) is 11.4 Å². The quantitative estimate of drug-likeness (QED) is 0.535. The van der Waals surface area contributed by atoms with Crippen LogP contribution >= 0.6 is 23.2 Å². The van der Waals surface area contributed by atoms with E-state index < -0.39 is 12.8 Å². The van der Waals surface area contributed by atoms with Crippen LogP contribution in [0.15, 0.2) is 12.1 Å². The van der Waals surface area contributed by atoms with E-state index in [0.717, 1.165) is 16.7 Å². The second-order valence-corrected chi connectivity index (χ2v) is 5.32. The Hall–Kier alpha value is -0.450. The Kier molecular flexibility index (Phi) is 5.96. The summed E-state index contributed by atoms with van der Waals surface area (Å²) in [6.45, 7) is 2.45. The fourth-order valence-electron chi connectivity index (χ4n) is 1.67. The van der Waals surface area contributed by atoms with Crippen LogP contribution in [0.4, 0.5) is 13.2 Å². The zero-order valence-electron chi connectivity index (χ0n) is 10.7. The van der Waals surface area contributed by atoms with Gasteiger partial charge in [0.1, 0.15) is 6.61 Å². The molecule has 1 nitrogen and oxygen atoms in total. The second kappa shape index (κ2) is 6.82. The smallest absolute Gasteiger partial charge is 0.372 e. The first-order chi connectivity index (χ1) is 8.70. The summed E-state index contributed by atoms with van der Waals surface area (Å²) in [4.78, 5) is 0. The summed E-state index contributed by atoms with van der Waals surface area (Å²) in [5.74, 6) is 0. The van der Waals surface area contributed by atoms with Crippen molar-refractivity contribution in [1.29, 1.82) is 0 Å². The fraction of sp³-hybridized carbons (Fsp3) is 0.538. The van der Waals surface area contributed by atoms with Crippen molar-refractivity contribution in [3.8, 4) is 0 Å². The Morgan fingerprint density at radius 3 is 2.42 bits per heavy atom. The molecule has 0 aliphatic rings. The number of alkyl halides is 4. The maximum Gasteiger partial charge on any atom is 0.411 e. The van der Waals surface area contributed by atoms with Crippen molar-refractivity contribution in [2.24, 2.45) is 0 Å². The van der Waals surface area contributed by atoms with Crippen LogP contribution in [0.3, 0.4) is 0 Å². The topological polar surface area (TPSA) is 9.23 Å². The highest BCUT2D eigenvalue weighted by molar-refractivity contribution is 6.31. The van der Waals surface area contributed by atoms with E-state index in [1.807, 2.05) is 19.9 Å². The summed E-state index contributed by atoms with van der Waals surface area (Å²) >= 11 is 12.2. The molecule has 0 heterocycles. The molecule has 1 unspecified atom stereocenters. The van der Waals surface area contributed by atoms with Crippen molar-refractivity contribution in [3.05, 3.63) is 33.8 Å². The molecule has 0 fully saturated rings. The van der Waals surface area contributed by atoms with Gasteiger partial charge in [-0.15, -0.1) is 11.6 Å². The van der Waals surface area contributed by atoms with Crippen LogP contribution in [0.1, 0.15) is 28.5 Å². The van der Waals surface area contributed by atoms with Crippen LogP contribution in [-0.4, -0.2) is 19.4 Å². The average Bonchev–Trinajstić information content (AvgIpc) is 2.28. The van der Waals surface area contributed by atoms with Gasteiger partial charge in [-0.2, -0.15) is 13.2 Å². The van der Waals surface area contributed by atoms with Crippen molar-refractivity contribution in [2.75, 3.05) is 13.2 Å². The number of benzene rings is 1. The van der Waals surface area contributed by atoms with Crippen LogP contribution in [0.25, 0.3) is 0 Å². The Bertz CT molecular complexity index is 433. The minimum atomic E-state index is -4.30. The average molecular weight is 315 g/mol. The molecule has 108 valence electrons. The summed E-state index contributed by atoms with van der Waals surface area (Å²) in [6.07, 6.45) is -3.98. The number of hydrogen-bond donors (Lipinski definition) is 0. The molecule has 6 heteroatoms. The van der Waals surface area contributed by atoms with Gasteiger partial charge in [-0.1, -0.05) is 17.7 Å². The monoisotopic (exact) mass is 314 g/mol. The lowest BCUT2D eigenvalue weighted by Crippen LogP contribution is -2.17. The van der Waals surface area contributed by atoms with Gasteiger partial charge in [-0.25, -0.2) is 0 Å². The third-order valence-electron chi connectivity index (χ3n) is 2.67. The summed E-state index contributed by atoms with van der Waals surface area (Å²) in [5, 5.41) is 0.266. The maximum atomic E-state index is 11.9. The highest BCUT2D eigenvalue weighted by Crippen LogP contribution is 2.31. The molecule has 0 amide bonds. The molecule has 0 aromatic heterocycles. The molecule has 0 saturated heterocycles. The van der Waals surface area contributed by atoms with Crippen LogP contribution in [0.2, 0.25) is 5.02 Å². The van der Waals surface area contributed by atoms with E-state index in [2.05, 4.69) is 4.74 Å². The summed E-state index contributed by atoms with van der Waals surface area (Å²) in [6, 6.07) is 3.66. The van der Waals surface area contributed by atoms with Gasteiger partial charge in [0.15, 0.2) is 0 Å². The Morgan fingerprint density at radius 1 is 1.21 bits per heavy atom. The van der Waals surface area contributed by atoms with Crippen LogP contribution < -0.4 is 0 Å². The molecule has 0 N–H and O–H groups in total. The van der Waals surface area contributed by atoms with Crippen LogP contribution in [0.5, 0.6) is 0 Å². The first-order valence-corrected chi connectivity index (χ1v) is 6.57. The lowest BCUT2D eigenvalue weighted by molar-refractivity contribution is -0.174. The molecule has 0 bridgehead atoms. The molecule has 1 atom stereocenters. The first kappa shape index (κ1) is 16.6. The van der Waals surface area contributed by atoms with Gasteiger partial charge in [0.2, 0.25) is 0 Å². The number of halogens is 5. The van der Waals surface area contributed by atoms with Gasteiger partial charge < -0.3 is 4.74 Å². The van der Waals surface area contributed by atoms with Crippen LogP contribution in [-0.2, 0) is 4.74 Å². The van der Waals surface area contributed by atoms with Crippen molar-refractivity contribution in [1.82, 2.24) is 0 Å². The minimum Gasteiger partial charge on any atom is -0.372 e. The van der Waals surface area contributed by atoms with Gasteiger partial charge in [-0.05, 0) is 43.0 Å². The molecule has 1 aromatic rings. The Balaban J connectivity index is 2.54. The lowest BCUT2D eigenvalue weighted by atomic mass is 10.0. The molecule has 0 saturated carbocycles. The van der Waals surface area contributed by atoms with E-state index in [1.54, 1.807) is 6.07 Å². The molecular weight excluding hydrogens is 300 g/mol. The first-order valence-electron chi connectivity index (χ1n) is 5.76. The van der Waals surface area contributed by atoms with E-state index >= 15 is 0 Å². The molecule has 1 aromatic carbocycles. The SMILES string of the molecule is Cc1cc(C(Cl)CCOCC(F)(F)F)c(C)cc1Cl. The normalized spacial score (nSPS) is 13.6. The molecule has 19 heavy (non-hydrogen) atoms. The number of aryl methyl sites for hydroxylation is 2. The van der Waals surface area contributed by atoms with Crippen molar-refractivity contribution in [3.63, 3.8) is 0 Å². The Morgan fingerprint density at radius 2 is 1.84 bits per heavy atom. The highest BCUT2D eigenvalue weighted by atomic mass is 35.5. The van der Waals surface area contributed by atoms with Gasteiger partial charge in [0.25, 0.3) is 0 Å². The summed E-state index contributed by atoms with van der Waals surface area (Å²) in [7, 11) is 0. The predicted octanol–water partition coefficient (Wildman–Crippen LogP) is 5.21. The molecule has 0 aliphatic heterocycles. The molecule has 0 aliphatic carbocycles. The zero-order valence-corrected chi connectivity index (χ0v) is 12.2.